The SMILES string of the molecule is C=C/C=C(\C=C)CCN1CCC(CN)CC1=O. The second kappa shape index (κ2) is 7.07. The van der Waals surface area contributed by atoms with E-state index in [2.05, 4.69) is 13.2 Å². The number of likely N-dealkylation sites (tertiary alicyclic amines) is 1. The molecule has 1 unspecified atom stereocenters. The van der Waals surface area contributed by atoms with Crippen molar-refractivity contribution in [3.8, 4) is 0 Å². The first-order valence-corrected chi connectivity index (χ1v) is 6.13. The highest BCUT2D eigenvalue weighted by Crippen LogP contribution is 2.18. The van der Waals surface area contributed by atoms with Gasteiger partial charge in [-0.05, 0) is 30.9 Å². The van der Waals surface area contributed by atoms with Crippen LogP contribution in [-0.4, -0.2) is 30.4 Å². The van der Waals surface area contributed by atoms with E-state index in [1.165, 1.54) is 0 Å². The van der Waals surface area contributed by atoms with Crippen molar-refractivity contribution in [3.63, 3.8) is 0 Å². The Labute approximate surface area is 104 Å². The molecule has 0 bridgehead atoms. The minimum Gasteiger partial charge on any atom is -0.342 e. The number of carbonyl (C=O) groups is 1. The van der Waals surface area contributed by atoms with Crippen LogP contribution in [0.5, 0.6) is 0 Å². The molecule has 1 aliphatic rings. The highest BCUT2D eigenvalue weighted by molar-refractivity contribution is 5.77. The Morgan fingerprint density at radius 3 is 2.82 bits per heavy atom. The van der Waals surface area contributed by atoms with E-state index in [1.54, 1.807) is 6.08 Å². The standard InChI is InChI=1S/C14H22N2O/c1-3-5-12(4-2)6-8-16-9-7-13(11-15)10-14(16)17/h3-5,13H,1-2,6-11,15H2/b12-5+. The quantitative estimate of drug-likeness (QED) is 0.713. The molecular formula is C14H22N2O. The first kappa shape index (κ1) is 13.7. The van der Waals surface area contributed by atoms with Crippen molar-refractivity contribution in [3.05, 3.63) is 37.0 Å². The lowest BCUT2D eigenvalue weighted by atomic mass is 9.96. The van der Waals surface area contributed by atoms with E-state index in [9.17, 15) is 4.79 Å². The molecule has 0 aliphatic carbocycles. The van der Waals surface area contributed by atoms with Crippen molar-refractivity contribution in [2.45, 2.75) is 19.3 Å². The van der Waals surface area contributed by atoms with Gasteiger partial charge >= 0.3 is 0 Å². The van der Waals surface area contributed by atoms with Gasteiger partial charge in [0.15, 0.2) is 0 Å². The van der Waals surface area contributed by atoms with Crippen LogP contribution in [0.3, 0.4) is 0 Å². The van der Waals surface area contributed by atoms with E-state index >= 15 is 0 Å². The molecule has 1 atom stereocenters. The molecule has 0 aromatic carbocycles. The van der Waals surface area contributed by atoms with E-state index < -0.39 is 0 Å². The average Bonchev–Trinajstić information content (AvgIpc) is 2.35. The van der Waals surface area contributed by atoms with Gasteiger partial charge in [0.05, 0.1) is 0 Å². The van der Waals surface area contributed by atoms with Gasteiger partial charge in [0.1, 0.15) is 0 Å². The predicted molar refractivity (Wildman–Crippen MR) is 71.5 cm³/mol. The molecule has 0 aromatic heterocycles. The molecule has 2 N–H and O–H groups in total. The topological polar surface area (TPSA) is 46.3 Å². The van der Waals surface area contributed by atoms with Crippen LogP contribution in [0.2, 0.25) is 0 Å². The van der Waals surface area contributed by atoms with E-state index in [4.69, 9.17) is 5.73 Å². The third-order valence-electron chi connectivity index (χ3n) is 3.22. The number of carbonyl (C=O) groups excluding carboxylic acids is 1. The Kier molecular flexibility index (Phi) is 5.70. The summed E-state index contributed by atoms with van der Waals surface area (Å²) in [7, 11) is 0. The Bertz CT molecular complexity index is 320. The number of rotatable bonds is 6. The Balaban J connectivity index is 2.42. The molecule has 17 heavy (non-hydrogen) atoms. The Morgan fingerprint density at radius 2 is 2.29 bits per heavy atom. The smallest absolute Gasteiger partial charge is 0.222 e. The molecule has 3 heteroatoms. The molecule has 1 amide bonds. The predicted octanol–water partition coefficient (Wildman–Crippen LogP) is 1.87. The summed E-state index contributed by atoms with van der Waals surface area (Å²) in [4.78, 5) is 13.8. The van der Waals surface area contributed by atoms with Crippen LogP contribution < -0.4 is 5.73 Å². The zero-order chi connectivity index (χ0) is 12.7. The number of allylic oxidation sites excluding steroid dienone is 3. The minimum atomic E-state index is 0.230. The van der Waals surface area contributed by atoms with Crippen molar-refractivity contribution in [2.75, 3.05) is 19.6 Å². The Hall–Kier alpha value is -1.35. The van der Waals surface area contributed by atoms with Gasteiger partial charge in [-0.25, -0.2) is 0 Å². The second-order valence-corrected chi connectivity index (χ2v) is 4.41. The second-order valence-electron chi connectivity index (χ2n) is 4.41. The van der Waals surface area contributed by atoms with Crippen molar-refractivity contribution in [2.24, 2.45) is 11.7 Å². The first-order chi connectivity index (χ1) is 8.21. The lowest BCUT2D eigenvalue weighted by Gasteiger charge is -2.31. The number of nitrogens with two attached hydrogens (primary N) is 1. The number of hydrogen-bond donors (Lipinski definition) is 1. The van der Waals surface area contributed by atoms with Crippen LogP contribution in [0, 0.1) is 5.92 Å². The molecule has 0 saturated carbocycles. The summed E-state index contributed by atoms with van der Waals surface area (Å²) in [6.45, 7) is 9.63. The van der Waals surface area contributed by atoms with Gasteiger partial charge in [-0.3, -0.25) is 4.79 Å². The lowest BCUT2D eigenvalue weighted by molar-refractivity contribution is -0.134. The van der Waals surface area contributed by atoms with Gasteiger partial charge < -0.3 is 10.6 Å². The molecule has 1 saturated heterocycles. The monoisotopic (exact) mass is 234 g/mol. The summed E-state index contributed by atoms with van der Waals surface area (Å²) in [6.07, 6.45) is 7.97. The fraction of sp³-hybridized carbons (Fsp3) is 0.500. The van der Waals surface area contributed by atoms with Gasteiger partial charge in [-0.2, -0.15) is 0 Å². The molecule has 1 aliphatic heterocycles. The molecular weight excluding hydrogens is 212 g/mol. The van der Waals surface area contributed by atoms with E-state index in [0.29, 0.717) is 18.9 Å². The first-order valence-electron chi connectivity index (χ1n) is 6.13. The van der Waals surface area contributed by atoms with Crippen LogP contribution in [0.4, 0.5) is 0 Å². The summed E-state index contributed by atoms with van der Waals surface area (Å²) in [6, 6.07) is 0. The van der Waals surface area contributed by atoms with Gasteiger partial charge in [0.25, 0.3) is 0 Å². The van der Waals surface area contributed by atoms with Gasteiger partial charge in [-0.15, -0.1) is 0 Å². The van der Waals surface area contributed by atoms with Crippen molar-refractivity contribution < 1.29 is 4.79 Å². The number of amides is 1. The summed E-state index contributed by atoms with van der Waals surface area (Å²) in [5, 5.41) is 0. The van der Waals surface area contributed by atoms with E-state index in [-0.39, 0.29) is 5.91 Å². The third-order valence-corrected chi connectivity index (χ3v) is 3.22. The van der Waals surface area contributed by atoms with E-state index in [0.717, 1.165) is 31.5 Å². The molecule has 0 spiro atoms. The fourth-order valence-electron chi connectivity index (χ4n) is 2.05. The maximum Gasteiger partial charge on any atom is 0.222 e. The minimum absolute atomic E-state index is 0.230. The van der Waals surface area contributed by atoms with Crippen LogP contribution in [0.15, 0.2) is 37.0 Å². The number of piperidine rings is 1. The van der Waals surface area contributed by atoms with Gasteiger partial charge in [-0.1, -0.05) is 31.4 Å². The van der Waals surface area contributed by atoms with Crippen molar-refractivity contribution in [1.82, 2.24) is 4.90 Å². The molecule has 1 fully saturated rings. The molecule has 0 radical (unpaired) electrons. The molecule has 94 valence electrons. The molecule has 1 rings (SSSR count). The van der Waals surface area contributed by atoms with Gasteiger partial charge in [0, 0.05) is 19.5 Å². The van der Waals surface area contributed by atoms with Crippen LogP contribution >= 0.6 is 0 Å². The van der Waals surface area contributed by atoms with Crippen LogP contribution in [-0.2, 0) is 4.79 Å². The molecule has 3 nitrogen and oxygen atoms in total. The highest BCUT2D eigenvalue weighted by Gasteiger charge is 2.24. The van der Waals surface area contributed by atoms with Crippen molar-refractivity contribution in [1.29, 1.82) is 0 Å². The molecule has 1 heterocycles. The fourth-order valence-corrected chi connectivity index (χ4v) is 2.05. The third kappa shape index (κ3) is 4.19. The summed E-state index contributed by atoms with van der Waals surface area (Å²) < 4.78 is 0. The number of hydrogen-bond acceptors (Lipinski definition) is 2. The largest absolute Gasteiger partial charge is 0.342 e. The molecule has 0 aromatic rings. The zero-order valence-electron chi connectivity index (χ0n) is 10.4. The lowest BCUT2D eigenvalue weighted by Crippen LogP contribution is -2.41. The normalized spacial score (nSPS) is 21.5. The van der Waals surface area contributed by atoms with Crippen LogP contribution in [0.1, 0.15) is 19.3 Å². The summed E-state index contributed by atoms with van der Waals surface area (Å²) in [5.74, 6) is 0.607. The van der Waals surface area contributed by atoms with Crippen LogP contribution in [0.25, 0.3) is 0 Å². The maximum absolute atomic E-state index is 11.8. The Morgan fingerprint density at radius 1 is 1.53 bits per heavy atom. The van der Waals surface area contributed by atoms with E-state index in [1.807, 2.05) is 17.1 Å². The maximum atomic E-state index is 11.8. The summed E-state index contributed by atoms with van der Waals surface area (Å²) in [5.41, 5.74) is 6.71. The highest BCUT2D eigenvalue weighted by atomic mass is 16.2. The summed E-state index contributed by atoms with van der Waals surface area (Å²) >= 11 is 0. The van der Waals surface area contributed by atoms with Crippen molar-refractivity contribution >= 4 is 5.91 Å². The average molecular weight is 234 g/mol. The zero-order valence-corrected chi connectivity index (χ0v) is 10.4. The number of nitrogens with zero attached hydrogens (tertiary/aromatic N) is 1. The van der Waals surface area contributed by atoms with Gasteiger partial charge in [0.2, 0.25) is 5.91 Å².